The molecule has 1 aliphatic rings. The minimum atomic E-state index is 0.00376. The summed E-state index contributed by atoms with van der Waals surface area (Å²) < 4.78 is 8.00. The Balaban J connectivity index is 1.32. The van der Waals surface area contributed by atoms with Crippen molar-refractivity contribution in [1.82, 2.24) is 19.9 Å². The van der Waals surface area contributed by atoms with Gasteiger partial charge in [0.25, 0.3) is 0 Å². The standard InChI is InChI=1S/C22H24N4O2/c1-15-3-4-16(2)20(9-15)28-21-6-5-17(11-24-21)12-25-22(27)18-7-8-26-14-23-13-19(26)10-18/h3-6,9,11,13-14,18H,7-8,10,12H2,1-2H3,(H,25,27)/t18-/m1/s1. The summed E-state index contributed by atoms with van der Waals surface area (Å²) in [5, 5.41) is 3.03. The van der Waals surface area contributed by atoms with E-state index < -0.39 is 0 Å². The lowest BCUT2D eigenvalue weighted by molar-refractivity contribution is -0.125. The third kappa shape index (κ3) is 4.06. The second-order valence-corrected chi connectivity index (χ2v) is 7.36. The predicted octanol–water partition coefficient (Wildman–Crippen LogP) is 3.57. The first-order valence-corrected chi connectivity index (χ1v) is 9.55. The molecule has 144 valence electrons. The van der Waals surface area contributed by atoms with E-state index in [9.17, 15) is 4.79 Å². The number of amides is 1. The number of aryl methyl sites for hydroxylation is 3. The topological polar surface area (TPSA) is 69.0 Å². The van der Waals surface area contributed by atoms with E-state index in [0.29, 0.717) is 12.4 Å². The lowest BCUT2D eigenvalue weighted by Gasteiger charge is -2.23. The Kier molecular flexibility index (Phi) is 5.10. The highest BCUT2D eigenvalue weighted by molar-refractivity contribution is 5.79. The Hall–Kier alpha value is -3.15. The molecule has 1 atom stereocenters. The molecule has 1 amide bonds. The summed E-state index contributed by atoms with van der Waals surface area (Å²) in [5.74, 6) is 1.45. The van der Waals surface area contributed by atoms with Gasteiger partial charge in [0.1, 0.15) is 5.75 Å². The van der Waals surface area contributed by atoms with E-state index in [0.717, 1.165) is 47.5 Å². The van der Waals surface area contributed by atoms with E-state index in [4.69, 9.17) is 4.74 Å². The molecular formula is C22H24N4O2. The number of hydrogen-bond donors (Lipinski definition) is 1. The molecule has 0 radical (unpaired) electrons. The molecule has 2 aromatic heterocycles. The highest BCUT2D eigenvalue weighted by Gasteiger charge is 2.24. The molecule has 0 saturated carbocycles. The number of nitrogens with zero attached hydrogens (tertiary/aromatic N) is 3. The number of carbonyl (C=O) groups is 1. The fraction of sp³-hybridized carbons (Fsp3) is 0.318. The molecule has 0 unspecified atom stereocenters. The van der Waals surface area contributed by atoms with Gasteiger partial charge in [-0.1, -0.05) is 18.2 Å². The molecule has 3 heterocycles. The number of ether oxygens (including phenoxy) is 1. The summed E-state index contributed by atoms with van der Waals surface area (Å²) in [4.78, 5) is 21.0. The summed E-state index contributed by atoms with van der Waals surface area (Å²) in [7, 11) is 0. The van der Waals surface area contributed by atoms with Crippen LogP contribution in [0.3, 0.4) is 0 Å². The molecule has 28 heavy (non-hydrogen) atoms. The van der Waals surface area contributed by atoms with Crippen LogP contribution in [0.1, 0.15) is 28.8 Å². The fourth-order valence-corrected chi connectivity index (χ4v) is 3.43. The lowest BCUT2D eigenvalue weighted by Crippen LogP contribution is -2.34. The summed E-state index contributed by atoms with van der Waals surface area (Å²) in [5.41, 5.74) is 4.28. The van der Waals surface area contributed by atoms with Crippen molar-refractivity contribution in [3.63, 3.8) is 0 Å². The monoisotopic (exact) mass is 376 g/mol. The van der Waals surface area contributed by atoms with Gasteiger partial charge in [-0.15, -0.1) is 0 Å². The first kappa shape index (κ1) is 18.2. The number of carbonyl (C=O) groups excluding carboxylic acids is 1. The molecule has 4 rings (SSSR count). The van der Waals surface area contributed by atoms with Crippen molar-refractivity contribution in [1.29, 1.82) is 0 Å². The molecule has 0 aliphatic carbocycles. The summed E-state index contributed by atoms with van der Waals surface area (Å²) in [6, 6.07) is 9.86. The van der Waals surface area contributed by atoms with E-state index >= 15 is 0 Å². The van der Waals surface area contributed by atoms with Crippen molar-refractivity contribution in [2.75, 3.05) is 0 Å². The van der Waals surface area contributed by atoms with E-state index in [-0.39, 0.29) is 11.8 Å². The molecule has 6 nitrogen and oxygen atoms in total. The highest BCUT2D eigenvalue weighted by Crippen LogP contribution is 2.25. The van der Waals surface area contributed by atoms with Gasteiger partial charge in [-0.05, 0) is 43.0 Å². The zero-order valence-corrected chi connectivity index (χ0v) is 16.2. The number of pyridine rings is 1. The van der Waals surface area contributed by atoms with E-state index in [1.807, 2.05) is 50.6 Å². The largest absolute Gasteiger partial charge is 0.439 e. The van der Waals surface area contributed by atoms with Crippen molar-refractivity contribution < 1.29 is 9.53 Å². The van der Waals surface area contributed by atoms with Gasteiger partial charge in [0.2, 0.25) is 11.8 Å². The summed E-state index contributed by atoms with van der Waals surface area (Å²) in [6.07, 6.45) is 7.01. The lowest BCUT2D eigenvalue weighted by atomic mass is 9.95. The van der Waals surface area contributed by atoms with Crippen LogP contribution in [-0.2, 0) is 24.3 Å². The maximum Gasteiger partial charge on any atom is 0.223 e. The van der Waals surface area contributed by atoms with Crippen molar-refractivity contribution >= 4 is 5.91 Å². The van der Waals surface area contributed by atoms with Crippen LogP contribution in [0.2, 0.25) is 0 Å². The maximum atomic E-state index is 12.5. The van der Waals surface area contributed by atoms with E-state index in [1.165, 1.54) is 0 Å². The van der Waals surface area contributed by atoms with Crippen LogP contribution < -0.4 is 10.1 Å². The Bertz CT molecular complexity index is 978. The van der Waals surface area contributed by atoms with Crippen LogP contribution in [0.4, 0.5) is 0 Å². The normalized spacial score (nSPS) is 15.7. The zero-order valence-electron chi connectivity index (χ0n) is 16.2. The van der Waals surface area contributed by atoms with Crippen LogP contribution >= 0.6 is 0 Å². The molecule has 1 aromatic carbocycles. The van der Waals surface area contributed by atoms with Crippen LogP contribution in [0, 0.1) is 19.8 Å². The second-order valence-electron chi connectivity index (χ2n) is 7.36. The average Bonchev–Trinajstić information content (AvgIpc) is 3.18. The smallest absolute Gasteiger partial charge is 0.223 e. The molecule has 0 fully saturated rings. The number of fused-ring (bicyclic) bond motifs is 1. The Morgan fingerprint density at radius 1 is 1.25 bits per heavy atom. The third-order valence-corrected chi connectivity index (χ3v) is 5.17. The second kappa shape index (κ2) is 7.84. The molecule has 3 aromatic rings. The van der Waals surface area contributed by atoms with Crippen LogP contribution in [0.25, 0.3) is 0 Å². The minimum Gasteiger partial charge on any atom is -0.439 e. The third-order valence-electron chi connectivity index (χ3n) is 5.17. The van der Waals surface area contributed by atoms with Crippen molar-refractivity contribution in [3.05, 3.63) is 71.4 Å². The average molecular weight is 376 g/mol. The van der Waals surface area contributed by atoms with Crippen LogP contribution in [-0.4, -0.2) is 20.4 Å². The Morgan fingerprint density at radius 3 is 2.96 bits per heavy atom. The maximum absolute atomic E-state index is 12.5. The first-order chi connectivity index (χ1) is 13.6. The van der Waals surface area contributed by atoms with Crippen molar-refractivity contribution in [3.8, 4) is 11.6 Å². The van der Waals surface area contributed by atoms with Crippen molar-refractivity contribution in [2.24, 2.45) is 5.92 Å². The van der Waals surface area contributed by atoms with Crippen LogP contribution in [0.15, 0.2) is 49.1 Å². The Morgan fingerprint density at radius 2 is 2.14 bits per heavy atom. The molecule has 1 aliphatic heterocycles. The van der Waals surface area contributed by atoms with Gasteiger partial charge in [-0.3, -0.25) is 4.79 Å². The van der Waals surface area contributed by atoms with Gasteiger partial charge in [0, 0.05) is 49.6 Å². The SMILES string of the molecule is Cc1ccc(C)c(Oc2ccc(CNC(=O)[C@@H]3CCn4cncc4C3)cn2)c1. The Labute approximate surface area is 164 Å². The minimum absolute atomic E-state index is 0.00376. The molecule has 0 saturated heterocycles. The summed E-state index contributed by atoms with van der Waals surface area (Å²) >= 11 is 0. The number of nitrogens with one attached hydrogen (secondary N) is 1. The van der Waals surface area contributed by atoms with Gasteiger partial charge < -0.3 is 14.6 Å². The van der Waals surface area contributed by atoms with E-state index in [1.54, 1.807) is 6.20 Å². The van der Waals surface area contributed by atoms with Gasteiger partial charge >= 0.3 is 0 Å². The predicted molar refractivity (Wildman–Crippen MR) is 106 cm³/mol. The zero-order chi connectivity index (χ0) is 19.5. The highest BCUT2D eigenvalue weighted by atomic mass is 16.5. The number of aromatic nitrogens is 3. The quantitative estimate of drug-likeness (QED) is 0.739. The summed E-state index contributed by atoms with van der Waals surface area (Å²) in [6.45, 7) is 5.35. The van der Waals surface area contributed by atoms with Gasteiger partial charge in [0.15, 0.2) is 0 Å². The van der Waals surface area contributed by atoms with Gasteiger partial charge in [0.05, 0.1) is 6.33 Å². The van der Waals surface area contributed by atoms with E-state index in [2.05, 4.69) is 25.9 Å². The number of imidazole rings is 1. The number of benzene rings is 1. The fourth-order valence-electron chi connectivity index (χ4n) is 3.43. The van der Waals surface area contributed by atoms with Crippen molar-refractivity contribution in [2.45, 2.75) is 39.8 Å². The molecule has 0 spiro atoms. The number of rotatable bonds is 5. The molecule has 0 bridgehead atoms. The van der Waals surface area contributed by atoms with Gasteiger partial charge in [-0.25, -0.2) is 9.97 Å². The van der Waals surface area contributed by atoms with Crippen LogP contribution in [0.5, 0.6) is 11.6 Å². The first-order valence-electron chi connectivity index (χ1n) is 9.55. The molecule has 1 N–H and O–H groups in total. The number of hydrogen-bond acceptors (Lipinski definition) is 4. The molecular weight excluding hydrogens is 352 g/mol. The van der Waals surface area contributed by atoms with Gasteiger partial charge in [-0.2, -0.15) is 0 Å². The molecule has 6 heteroatoms.